The Balaban J connectivity index is 2.10. The molecule has 130 valence electrons. The largest absolute Gasteiger partial charge is 0.418 e. The fourth-order valence-electron chi connectivity index (χ4n) is 2.75. The summed E-state index contributed by atoms with van der Waals surface area (Å²) in [5.74, 6) is 0.291. The molecule has 2 aromatic heterocycles. The lowest BCUT2D eigenvalue weighted by Crippen LogP contribution is -2.08. The molecule has 0 fully saturated rings. The molecule has 2 nitrogen and oxygen atoms in total. The molecule has 0 amide bonds. The van der Waals surface area contributed by atoms with Gasteiger partial charge in [-0.3, -0.25) is 0 Å². The van der Waals surface area contributed by atoms with Crippen molar-refractivity contribution in [3.8, 4) is 22.0 Å². The summed E-state index contributed by atoms with van der Waals surface area (Å²) in [5.41, 5.74) is 0.356. The summed E-state index contributed by atoms with van der Waals surface area (Å²) in [6, 6.07) is 15.0. The summed E-state index contributed by atoms with van der Waals surface area (Å²) in [4.78, 5) is 9.57. The lowest BCUT2D eigenvalue weighted by molar-refractivity contribution is -0.136. The van der Waals surface area contributed by atoms with Gasteiger partial charge in [-0.2, -0.15) is 13.2 Å². The van der Waals surface area contributed by atoms with Crippen molar-refractivity contribution in [2.24, 2.45) is 0 Å². The summed E-state index contributed by atoms with van der Waals surface area (Å²) in [6.07, 6.45) is -4.49. The van der Waals surface area contributed by atoms with Gasteiger partial charge in [0.1, 0.15) is 0 Å². The van der Waals surface area contributed by atoms with Crippen molar-refractivity contribution in [1.82, 2.24) is 9.97 Å². The molecular weight excluding hydrogens is 425 g/mol. The van der Waals surface area contributed by atoms with Gasteiger partial charge in [-0.1, -0.05) is 46.3 Å². The van der Waals surface area contributed by atoms with Crippen LogP contribution in [-0.4, -0.2) is 9.97 Å². The molecule has 0 aliphatic rings. The molecular formula is C19H10BrF3N2S. The number of para-hydroxylation sites is 1. The van der Waals surface area contributed by atoms with Gasteiger partial charge >= 0.3 is 6.18 Å². The van der Waals surface area contributed by atoms with Crippen LogP contribution in [-0.2, 0) is 6.18 Å². The fourth-order valence-corrected chi connectivity index (χ4v) is 3.81. The maximum atomic E-state index is 13.5. The Kier molecular flexibility index (Phi) is 4.28. The van der Waals surface area contributed by atoms with E-state index in [0.717, 1.165) is 21.0 Å². The molecule has 0 bridgehead atoms. The van der Waals surface area contributed by atoms with Crippen molar-refractivity contribution in [2.75, 3.05) is 0 Å². The highest BCUT2D eigenvalue weighted by atomic mass is 79.9. The zero-order valence-corrected chi connectivity index (χ0v) is 15.5. The van der Waals surface area contributed by atoms with Gasteiger partial charge in [0.15, 0.2) is 5.82 Å². The van der Waals surface area contributed by atoms with Crippen molar-refractivity contribution in [3.05, 3.63) is 70.0 Å². The Morgan fingerprint density at radius 1 is 0.923 bits per heavy atom. The number of nitrogens with zero attached hydrogens (tertiary/aromatic N) is 2. The predicted molar refractivity (Wildman–Crippen MR) is 101 cm³/mol. The molecule has 4 rings (SSSR count). The molecule has 0 aliphatic heterocycles. The van der Waals surface area contributed by atoms with Crippen molar-refractivity contribution >= 4 is 38.2 Å². The Hall–Kier alpha value is -2.25. The fraction of sp³-hybridized carbons (Fsp3) is 0.0526. The van der Waals surface area contributed by atoms with Crippen LogP contribution in [0, 0.1) is 0 Å². The summed E-state index contributed by atoms with van der Waals surface area (Å²) >= 11 is 4.80. The lowest BCUT2D eigenvalue weighted by Gasteiger charge is -2.13. The topological polar surface area (TPSA) is 25.8 Å². The number of thiophene rings is 1. The Morgan fingerprint density at radius 2 is 1.73 bits per heavy atom. The molecule has 0 unspecified atom stereocenters. The maximum Gasteiger partial charge on any atom is 0.418 e. The summed E-state index contributed by atoms with van der Waals surface area (Å²) in [7, 11) is 0. The molecule has 0 N–H and O–H groups in total. The van der Waals surface area contributed by atoms with Gasteiger partial charge < -0.3 is 0 Å². The number of fused-ring (bicyclic) bond motifs is 1. The van der Waals surface area contributed by atoms with E-state index in [4.69, 9.17) is 0 Å². The second-order valence-corrected chi connectivity index (χ2v) is 7.45. The van der Waals surface area contributed by atoms with Gasteiger partial charge in [0.25, 0.3) is 0 Å². The van der Waals surface area contributed by atoms with Gasteiger partial charge in [0, 0.05) is 15.4 Å². The molecule has 0 saturated heterocycles. The first kappa shape index (κ1) is 17.2. The molecule has 0 atom stereocenters. The van der Waals surface area contributed by atoms with E-state index in [1.165, 1.54) is 17.4 Å². The first-order valence-corrected chi connectivity index (χ1v) is 9.28. The molecule has 0 spiro atoms. The summed E-state index contributed by atoms with van der Waals surface area (Å²) < 4.78 is 41.4. The lowest BCUT2D eigenvalue weighted by atomic mass is 10.0. The van der Waals surface area contributed by atoms with Crippen LogP contribution in [0.5, 0.6) is 0 Å². The molecule has 0 saturated carbocycles. The number of alkyl halides is 3. The van der Waals surface area contributed by atoms with Crippen molar-refractivity contribution in [3.63, 3.8) is 0 Å². The quantitative estimate of drug-likeness (QED) is 0.346. The average molecular weight is 435 g/mol. The van der Waals surface area contributed by atoms with E-state index in [0.29, 0.717) is 16.9 Å². The van der Waals surface area contributed by atoms with Crippen LogP contribution >= 0.6 is 27.3 Å². The van der Waals surface area contributed by atoms with Gasteiger partial charge in [0.2, 0.25) is 0 Å². The van der Waals surface area contributed by atoms with E-state index in [9.17, 15) is 13.2 Å². The SMILES string of the molecule is FC(F)(F)c1cccc2c(-c3cccc(Br)c3)nc(-c3cccs3)nc12. The summed E-state index contributed by atoms with van der Waals surface area (Å²) in [5, 5.41) is 2.22. The Morgan fingerprint density at radius 3 is 2.42 bits per heavy atom. The van der Waals surface area contributed by atoms with Crippen LogP contribution < -0.4 is 0 Å². The number of hydrogen-bond acceptors (Lipinski definition) is 3. The Bertz CT molecular complexity index is 1090. The van der Waals surface area contributed by atoms with Crippen molar-refractivity contribution in [1.29, 1.82) is 0 Å². The first-order valence-electron chi connectivity index (χ1n) is 7.61. The van der Waals surface area contributed by atoms with Crippen LogP contribution in [0.15, 0.2) is 64.5 Å². The van der Waals surface area contributed by atoms with E-state index < -0.39 is 11.7 Å². The van der Waals surface area contributed by atoms with Crippen LogP contribution in [0.25, 0.3) is 32.9 Å². The van der Waals surface area contributed by atoms with E-state index in [1.807, 2.05) is 35.7 Å². The second-order valence-electron chi connectivity index (χ2n) is 5.58. The van der Waals surface area contributed by atoms with Gasteiger partial charge in [-0.05, 0) is 29.6 Å². The third-order valence-electron chi connectivity index (χ3n) is 3.87. The standard InChI is InChI=1S/C19H10BrF3N2S/c20-12-5-1-4-11(10-12)16-13-6-2-7-14(19(21,22)23)17(13)25-18(24-16)15-8-3-9-26-15/h1-10H. The number of rotatable bonds is 2. The highest BCUT2D eigenvalue weighted by molar-refractivity contribution is 9.10. The molecule has 2 aromatic carbocycles. The highest BCUT2D eigenvalue weighted by Gasteiger charge is 2.34. The van der Waals surface area contributed by atoms with Crippen LogP contribution in [0.4, 0.5) is 13.2 Å². The zero-order valence-electron chi connectivity index (χ0n) is 13.1. The van der Waals surface area contributed by atoms with Crippen LogP contribution in [0.3, 0.4) is 0 Å². The van der Waals surface area contributed by atoms with E-state index in [1.54, 1.807) is 12.1 Å². The normalized spacial score (nSPS) is 11.8. The molecule has 26 heavy (non-hydrogen) atoms. The molecule has 0 aliphatic carbocycles. The molecule has 7 heteroatoms. The van der Waals surface area contributed by atoms with E-state index in [2.05, 4.69) is 25.9 Å². The van der Waals surface area contributed by atoms with E-state index in [-0.39, 0.29) is 5.52 Å². The monoisotopic (exact) mass is 434 g/mol. The zero-order chi connectivity index (χ0) is 18.3. The average Bonchev–Trinajstić information content (AvgIpc) is 3.14. The summed E-state index contributed by atoms with van der Waals surface area (Å²) in [6.45, 7) is 0. The van der Waals surface area contributed by atoms with Crippen LogP contribution in [0.1, 0.15) is 5.56 Å². The Labute approximate surface area is 159 Å². The van der Waals surface area contributed by atoms with Crippen molar-refractivity contribution < 1.29 is 13.2 Å². The first-order chi connectivity index (χ1) is 12.4. The molecule has 0 radical (unpaired) electrons. The second kappa shape index (κ2) is 6.48. The minimum absolute atomic E-state index is 0.0895. The molecule has 4 aromatic rings. The number of benzene rings is 2. The third kappa shape index (κ3) is 3.12. The van der Waals surface area contributed by atoms with Crippen molar-refractivity contribution in [2.45, 2.75) is 6.18 Å². The maximum absolute atomic E-state index is 13.5. The minimum atomic E-state index is -4.49. The van der Waals surface area contributed by atoms with Gasteiger partial charge in [0.05, 0.1) is 21.7 Å². The molecule has 2 heterocycles. The number of aromatic nitrogens is 2. The third-order valence-corrected chi connectivity index (χ3v) is 5.23. The predicted octanol–water partition coefficient (Wildman–Crippen LogP) is 6.81. The minimum Gasteiger partial charge on any atom is -0.227 e. The number of hydrogen-bond donors (Lipinski definition) is 0. The van der Waals surface area contributed by atoms with E-state index >= 15 is 0 Å². The van der Waals surface area contributed by atoms with Gasteiger partial charge in [-0.25, -0.2) is 9.97 Å². The van der Waals surface area contributed by atoms with Crippen LogP contribution in [0.2, 0.25) is 0 Å². The number of halogens is 4. The van der Waals surface area contributed by atoms with Gasteiger partial charge in [-0.15, -0.1) is 11.3 Å². The smallest absolute Gasteiger partial charge is 0.227 e. The highest BCUT2D eigenvalue weighted by Crippen LogP contribution is 2.38.